The van der Waals surface area contributed by atoms with Gasteiger partial charge in [-0.1, -0.05) is 0 Å². The summed E-state index contributed by atoms with van der Waals surface area (Å²) in [7, 11) is 0. The van der Waals surface area contributed by atoms with Gasteiger partial charge in [0.05, 0.1) is 17.5 Å². The van der Waals surface area contributed by atoms with E-state index >= 15 is 0 Å². The van der Waals surface area contributed by atoms with Gasteiger partial charge in [0, 0.05) is 13.5 Å². The van der Waals surface area contributed by atoms with Crippen LogP contribution in [0.25, 0.3) is 0 Å². The van der Waals surface area contributed by atoms with Crippen LogP contribution in [0.5, 0.6) is 0 Å². The highest BCUT2D eigenvalue weighted by atomic mass is 16.7. The highest BCUT2D eigenvalue weighted by Crippen LogP contribution is 2.23. The number of amides is 1. The number of hydroxylamine groups is 2. The molecule has 0 aliphatic carbocycles. The first-order valence-corrected chi connectivity index (χ1v) is 6.38. The normalized spacial score (nSPS) is 25.6. The molecule has 1 aliphatic heterocycles. The van der Waals surface area contributed by atoms with Gasteiger partial charge in [-0.15, -0.1) is 5.06 Å². The second-order valence-corrected chi connectivity index (χ2v) is 6.34. The van der Waals surface area contributed by atoms with Gasteiger partial charge in [-0.2, -0.15) is 0 Å². The van der Waals surface area contributed by atoms with Gasteiger partial charge in [0.25, 0.3) is 0 Å². The molecule has 0 radical (unpaired) electrons. The van der Waals surface area contributed by atoms with E-state index < -0.39 is 5.41 Å². The molecule has 1 fully saturated rings. The van der Waals surface area contributed by atoms with Crippen molar-refractivity contribution in [2.75, 3.05) is 13.1 Å². The van der Waals surface area contributed by atoms with E-state index in [9.17, 15) is 9.59 Å². The van der Waals surface area contributed by atoms with E-state index in [0.717, 1.165) is 19.4 Å². The summed E-state index contributed by atoms with van der Waals surface area (Å²) >= 11 is 0. The van der Waals surface area contributed by atoms with Crippen LogP contribution in [0.2, 0.25) is 0 Å². The molecule has 0 saturated carbocycles. The van der Waals surface area contributed by atoms with Crippen LogP contribution in [0.3, 0.4) is 0 Å². The average Bonchev–Trinajstić information content (AvgIpc) is 2.13. The third-order valence-corrected chi connectivity index (χ3v) is 2.96. The number of hydrogen-bond acceptors (Lipinski definition) is 4. The summed E-state index contributed by atoms with van der Waals surface area (Å²) in [6.07, 6.45) is 1.80. The summed E-state index contributed by atoms with van der Waals surface area (Å²) in [6, 6.07) is 0. The van der Waals surface area contributed by atoms with Gasteiger partial charge in [-0.3, -0.25) is 4.79 Å². The Kier molecular flexibility index (Phi) is 4.37. The van der Waals surface area contributed by atoms with E-state index in [-0.39, 0.29) is 17.4 Å². The zero-order valence-electron chi connectivity index (χ0n) is 12.0. The van der Waals surface area contributed by atoms with Crippen molar-refractivity contribution in [2.24, 2.45) is 5.41 Å². The smallest absolute Gasteiger partial charge is 0.330 e. The Morgan fingerprint density at radius 2 is 1.94 bits per heavy atom. The van der Waals surface area contributed by atoms with Crippen LogP contribution in [-0.2, 0) is 14.4 Å². The topological polar surface area (TPSA) is 58.6 Å². The summed E-state index contributed by atoms with van der Waals surface area (Å²) in [5.41, 5.74) is -0.829. The lowest BCUT2D eigenvalue weighted by atomic mass is 9.92. The maximum atomic E-state index is 11.8. The molecule has 1 saturated heterocycles. The minimum Gasteiger partial charge on any atom is -0.367 e. The van der Waals surface area contributed by atoms with Crippen molar-refractivity contribution >= 4 is 11.9 Å². The molecular formula is C13H24N2O3. The van der Waals surface area contributed by atoms with E-state index in [0.29, 0.717) is 6.54 Å². The molecule has 5 heteroatoms. The number of hydrogen-bond donors (Lipinski definition) is 1. The monoisotopic (exact) mass is 256 g/mol. The van der Waals surface area contributed by atoms with Crippen molar-refractivity contribution in [1.82, 2.24) is 10.4 Å². The van der Waals surface area contributed by atoms with Crippen molar-refractivity contribution < 1.29 is 14.4 Å². The highest BCUT2D eigenvalue weighted by Gasteiger charge is 2.35. The molecule has 1 heterocycles. The van der Waals surface area contributed by atoms with Crippen molar-refractivity contribution in [2.45, 2.75) is 53.0 Å². The number of carbonyl (C=O) groups excluding carboxylic acids is 2. The molecule has 104 valence electrons. The van der Waals surface area contributed by atoms with Crippen LogP contribution in [0, 0.1) is 5.41 Å². The predicted molar refractivity (Wildman–Crippen MR) is 68.6 cm³/mol. The lowest BCUT2D eigenvalue weighted by molar-refractivity contribution is -0.209. The van der Waals surface area contributed by atoms with Gasteiger partial charge in [-0.25, -0.2) is 4.79 Å². The molecule has 1 unspecified atom stereocenters. The zero-order chi connectivity index (χ0) is 14.0. The first-order valence-electron chi connectivity index (χ1n) is 6.38. The van der Waals surface area contributed by atoms with Gasteiger partial charge in [0.1, 0.15) is 0 Å². The molecule has 1 amide bonds. The minimum atomic E-state index is -0.512. The maximum absolute atomic E-state index is 11.8. The number of nitrogens with one attached hydrogen (secondary N) is 1. The molecule has 0 spiro atoms. The molecule has 1 rings (SSSR count). The fraction of sp³-hybridized carbons (Fsp3) is 0.846. The zero-order valence-corrected chi connectivity index (χ0v) is 12.0. The van der Waals surface area contributed by atoms with Gasteiger partial charge in [0.15, 0.2) is 0 Å². The quantitative estimate of drug-likeness (QED) is 0.813. The van der Waals surface area contributed by atoms with Crippen molar-refractivity contribution in [3.63, 3.8) is 0 Å². The van der Waals surface area contributed by atoms with Gasteiger partial charge in [0.2, 0.25) is 5.91 Å². The van der Waals surface area contributed by atoms with Crippen LogP contribution in [0.4, 0.5) is 0 Å². The van der Waals surface area contributed by atoms with Crippen LogP contribution in [0.15, 0.2) is 0 Å². The molecule has 1 N–H and O–H groups in total. The Morgan fingerprint density at radius 3 is 2.44 bits per heavy atom. The Bertz CT molecular complexity index is 336. The largest absolute Gasteiger partial charge is 0.367 e. The fourth-order valence-electron chi connectivity index (χ4n) is 2.05. The van der Waals surface area contributed by atoms with Gasteiger partial charge in [-0.05, 0) is 40.5 Å². The molecule has 0 bridgehead atoms. The Balaban J connectivity index is 2.59. The number of carbonyl (C=O) groups is 2. The van der Waals surface area contributed by atoms with E-state index in [4.69, 9.17) is 4.84 Å². The van der Waals surface area contributed by atoms with Crippen LogP contribution in [0.1, 0.15) is 47.5 Å². The summed E-state index contributed by atoms with van der Waals surface area (Å²) in [5, 5.41) is 4.59. The fourth-order valence-corrected chi connectivity index (χ4v) is 2.05. The lowest BCUT2D eigenvalue weighted by Gasteiger charge is -2.40. The van der Waals surface area contributed by atoms with E-state index in [1.165, 1.54) is 6.92 Å². The standard InChI is InChI=1S/C13H24N2O3/c1-10(16)14-13(5)7-6-8-15(9-13)18-11(17)12(2,3)4/h6-9H2,1-5H3,(H,14,16). The van der Waals surface area contributed by atoms with E-state index in [2.05, 4.69) is 5.32 Å². The first-order chi connectivity index (χ1) is 8.12. The third kappa shape index (κ3) is 4.29. The highest BCUT2D eigenvalue weighted by molar-refractivity contribution is 5.75. The van der Waals surface area contributed by atoms with Crippen molar-refractivity contribution in [3.05, 3.63) is 0 Å². The third-order valence-electron chi connectivity index (χ3n) is 2.96. The van der Waals surface area contributed by atoms with E-state index in [1.54, 1.807) is 5.06 Å². The Labute approximate surface area is 109 Å². The first kappa shape index (κ1) is 15.0. The summed E-state index contributed by atoms with van der Waals surface area (Å²) < 4.78 is 0. The lowest BCUT2D eigenvalue weighted by Crippen LogP contribution is -2.56. The number of piperidine rings is 1. The Hall–Kier alpha value is -1.10. The number of nitrogens with zero attached hydrogens (tertiary/aromatic N) is 1. The molecule has 1 aliphatic rings. The molecule has 0 aromatic carbocycles. The molecule has 1 atom stereocenters. The predicted octanol–water partition coefficient (Wildman–Crippen LogP) is 1.48. The van der Waals surface area contributed by atoms with Crippen LogP contribution in [-0.4, -0.2) is 35.6 Å². The summed E-state index contributed by atoms with van der Waals surface area (Å²) in [4.78, 5) is 28.4. The van der Waals surface area contributed by atoms with Gasteiger partial charge >= 0.3 is 5.97 Å². The maximum Gasteiger partial charge on any atom is 0.330 e. The molecule has 0 aromatic heterocycles. The SMILES string of the molecule is CC(=O)NC1(C)CCCN(OC(=O)C(C)(C)C)C1. The van der Waals surface area contributed by atoms with E-state index in [1.807, 2.05) is 27.7 Å². The second-order valence-electron chi connectivity index (χ2n) is 6.34. The van der Waals surface area contributed by atoms with Crippen molar-refractivity contribution in [3.8, 4) is 0 Å². The average molecular weight is 256 g/mol. The van der Waals surface area contributed by atoms with Crippen LogP contribution < -0.4 is 5.32 Å². The second kappa shape index (κ2) is 5.26. The van der Waals surface area contributed by atoms with Crippen molar-refractivity contribution in [1.29, 1.82) is 0 Å². The molecule has 0 aromatic rings. The van der Waals surface area contributed by atoms with Gasteiger partial charge < -0.3 is 10.2 Å². The molecule has 18 heavy (non-hydrogen) atoms. The molecule has 5 nitrogen and oxygen atoms in total. The summed E-state index contributed by atoms with van der Waals surface area (Å²) in [6.45, 7) is 10.2. The Morgan fingerprint density at radius 1 is 1.33 bits per heavy atom. The summed E-state index contributed by atoms with van der Waals surface area (Å²) in [5.74, 6) is -0.295. The molecular weight excluding hydrogens is 232 g/mol. The number of rotatable bonds is 2. The minimum absolute atomic E-state index is 0.0542. The van der Waals surface area contributed by atoms with Crippen LogP contribution >= 0.6 is 0 Å².